The van der Waals surface area contributed by atoms with Gasteiger partial charge in [-0.3, -0.25) is 19.3 Å². The molecule has 1 heterocycles. The summed E-state index contributed by atoms with van der Waals surface area (Å²) in [5.41, 5.74) is 0.219. The van der Waals surface area contributed by atoms with E-state index in [1.807, 2.05) is 0 Å². The third-order valence-corrected chi connectivity index (χ3v) is 6.20. The second-order valence-electron chi connectivity index (χ2n) is 7.65. The van der Waals surface area contributed by atoms with Gasteiger partial charge < -0.3 is 4.74 Å². The van der Waals surface area contributed by atoms with Crippen molar-refractivity contribution in [3.8, 4) is 0 Å². The first-order valence-electron chi connectivity index (χ1n) is 9.20. The fraction of sp³-hybridized carbons (Fsp3) is 0.500. The number of hydrogen-bond donors (Lipinski definition) is 0. The zero-order chi connectivity index (χ0) is 19.3. The van der Waals surface area contributed by atoms with E-state index in [1.165, 1.54) is 19.1 Å². The number of hydrogen-bond acceptors (Lipinski definition) is 5. The van der Waals surface area contributed by atoms with Crippen molar-refractivity contribution < 1.29 is 28.3 Å². The Morgan fingerprint density at radius 1 is 1.11 bits per heavy atom. The van der Waals surface area contributed by atoms with E-state index in [9.17, 15) is 23.6 Å². The van der Waals surface area contributed by atoms with Crippen LogP contribution in [-0.4, -0.2) is 41.1 Å². The van der Waals surface area contributed by atoms with Crippen molar-refractivity contribution in [2.45, 2.75) is 32.2 Å². The average molecular weight is 373 g/mol. The highest BCUT2D eigenvalue weighted by atomic mass is 19.1. The van der Waals surface area contributed by atoms with Crippen LogP contribution in [0.2, 0.25) is 0 Å². The van der Waals surface area contributed by atoms with Gasteiger partial charge in [0.25, 0.3) is 0 Å². The Bertz CT molecular complexity index is 792. The molecule has 27 heavy (non-hydrogen) atoms. The van der Waals surface area contributed by atoms with Crippen molar-refractivity contribution in [3.05, 3.63) is 35.6 Å². The second kappa shape index (κ2) is 6.55. The number of amides is 2. The number of fused-ring (bicyclic) bond motifs is 5. The largest absolute Gasteiger partial charge is 0.456 e. The summed E-state index contributed by atoms with van der Waals surface area (Å²) in [7, 11) is 0. The number of ketones is 1. The van der Waals surface area contributed by atoms with Crippen LogP contribution in [0.5, 0.6) is 0 Å². The molecular weight excluding hydrogens is 353 g/mol. The smallest absolute Gasteiger partial charge is 0.329 e. The number of halogens is 1. The molecule has 2 amide bonds. The molecule has 0 spiro atoms. The number of ether oxygens (including phenoxy) is 1. The molecule has 7 heteroatoms. The first-order chi connectivity index (χ1) is 12.9. The highest BCUT2D eigenvalue weighted by molar-refractivity contribution is 6.08. The Kier molecular flexibility index (Phi) is 4.32. The number of esters is 1. The van der Waals surface area contributed by atoms with Crippen molar-refractivity contribution in [3.63, 3.8) is 0 Å². The molecule has 0 unspecified atom stereocenters. The molecule has 2 aliphatic carbocycles. The summed E-state index contributed by atoms with van der Waals surface area (Å²) in [6.45, 7) is 0.923. The Morgan fingerprint density at radius 2 is 1.67 bits per heavy atom. The van der Waals surface area contributed by atoms with E-state index in [1.54, 1.807) is 0 Å². The molecule has 2 bridgehead atoms. The summed E-state index contributed by atoms with van der Waals surface area (Å²) in [6.07, 6.45) is 2.85. The monoisotopic (exact) mass is 373 g/mol. The van der Waals surface area contributed by atoms with Gasteiger partial charge in [-0.1, -0.05) is 0 Å². The molecule has 4 rings (SSSR count). The lowest BCUT2D eigenvalue weighted by atomic mass is 9.81. The molecular formula is C20H20FNO5. The SMILES string of the molecule is C[C@@H](C(=O)OCC(=O)c1ccc(F)cc1)N1C(=O)[C@H]2[C@@H]3CC[C@@H](C3)[C@@H]2C1=O. The number of benzene rings is 1. The van der Waals surface area contributed by atoms with Crippen molar-refractivity contribution in [1.29, 1.82) is 0 Å². The van der Waals surface area contributed by atoms with Crippen molar-refractivity contribution in [2.75, 3.05) is 6.61 Å². The lowest BCUT2D eigenvalue weighted by Crippen LogP contribution is -2.45. The predicted molar refractivity (Wildman–Crippen MR) is 90.8 cm³/mol. The molecule has 3 aliphatic rings. The minimum absolute atomic E-state index is 0.219. The Hall–Kier alpha value is -2.57. The zero-order valence-electron chi connectivity index (χ0n) is 14.9. The van der Waals surface area contributed by atoms with Gasteiger partial charge in [-0.2, -0.15) is 0 Å². The number of carbonyl (C=O) groups excluding carboxylic acids is 4. The Balaban J connectivity index is 1.39. The Morgan fingerprint density at radius 3 is 2.22 bits per heavy atom. The van der Waals surface area contributed by atoms with E-state index >= 15 is 0 Å². The van der Waals surface area contributed by atoms with Gasteiger partial charge in [-0.15, -0.1) is 0 Å². The van der Waals surface area contributed by atoms with Gasteiger partial charge in [0.05, 0.1) is 11.8 Å². The number of carbonyl (C=O) groups is 4. The van der Waals surface area contributed by atoms with Crippen LogP contribution < -0.4 is 0 Å². The quantitative estimate of drug-likeness (QED) is 0.448. The van der Waals surface area contributed by atoms with E-state index in [0.717, 1.165) is 36.3 Å². The number of rotatable bonds is 5. The van der Waals surface area contributed by atoms with Crippen LogP contribution in [0.15, 0.2) is 24.3 Å². The summed E-state index contributed by atoms with van der Waals surface area (Å²) in [5.74, 6) is -2.43. The maximum atomic E-state index is 12.9. The molecule has 5 atom stereocenters. The maximum absolute atomic E-state index is 12.9. The van der Waals surface area contributed by atoms with E-state index < -0.39 is 30.2 Å². The molecule has 1 saturated heterocycles. The fourth-order valence-electron chi connectivity index (χ4n) is 4.90. The third-order valence-electron chi connectivity index (χ3n) is 6.20. The minimum Gasteiger partial charge on any atom is -0.456 e. The molecule has 0 aromatic heterocycles. The first-order valence-corrected chi connectivity index (χ1v) is 9.20. The molecule has 0 N–H and O–H groups in total. The highest BCUT2D eigenvalue weighted by Crippen LogP contribution is 2.56. The minimum atomic E-state index is -1.06. The molecule has 3 fully saturated rings. The predicted octanol–water partition coefficient (Wildman–Crippen LogP) is 1.97. The van der Waals surface area contributed by atoms with Gasteiger partial charge >= 0.3 is 5.97 Å². The van der Waals surface area contributed by atoms with Crippen LogP contribution in [0, 0.1) is 29.5 Å². The summed E-state index contributed by atoms with van der Waals surface area (Å²) < 4.78 is 17.9. The number of nitrogens with zero attached hydrogens (tertiary/aromatic N) is 1. The van der Waals surface area contributed by atoms with Crippen molar-refractivity contribution in [1.82, 2.24) is 4.90 Å². The topological polar surface area (TPSA) is 80.8 Å². The standard InChI is InChI=1S/C20H20FNO5/c1-10(20(26)27-9-15(23)11-4-6-14(21)7-5-11)22-18(24)16-12-2-3-13(8-12)17(16)19(22)25/h4-7,10,12-13,16-17H,2-3,8-9H2,1H3/t10-,12-,13+,16-,17-/m0/s1. The van der Waals surface area contributed by atoms with Crippen LogP contribution >= 0.6 is 0 Å². The summed E-state index contributed by atoms with van der Waals surface area (Å²) in [4.78, 5) is 50.8. The number of Topliss-reactive ketones (excluding diaryl/α,β-unsaturated/α-hetero) is 1. The van der Waals surface area contributed by atoms with Crippen LogP contribution in [0.1, 0.15) is 36.5 Å². The molecule has 2 saturated carbocycles. The lowest BCUT2D eigenvalue weighted by molar-refractivity contribution is -0.157. The van der Waals surface area contributed by atoms with Crippen molar-refractivity contribution >= 4 is 23.6 Å². The van der Waals surface area contributed by atoms with Crippen molar-refractivity contribution in [2.24, 2.45) is 23.7 Å². The highest BCUT2D eigenvalue weighted by Gasteiger charge is 2.62. The van der Waals surface area contributed by atoms with Crippen LogP contribution in [-0.2, 0) is 19.1 Å². The maximum Gasteiger partial charge on any atom is 0.329 e. The molecule has 1 aromatic carbocycles. The van der Waals surface area contributed by atoms with E-state index in [2.05, 4.69) is 0 Å². The summed E-state index contributed by atoms with van der Waals surface area (Å²) in [5, 5.41) is 0. The zero-order valence-corrected chi connectivity index (χ0v) is 14.9. The fourth-order valence-corrected chi connectivity index (χ4v) is 4.90. The lowest BCUT2D eigenvalue weighted by Gasteiger charge is -2.22. The van der Waals surface area contributed by atoms with Crippen LogP contribution in [0.3, 0.4) is 0 Å². The Labute approximate surface area is 155 Å². The number of likely N-dealkylation sites (tertiary alicyclic amines) is 1. The second-order valence-corrected chi connectivity index (χ2v) is 7.65. The van der Waals surface area contributed by atoms with Gasteiger partial charge in [0.15, 0.2) is 12.4 Å². The van der Waals surface area contributed by atoms with E-state index in [0.29, 0.717) is 0 Å². The van der Waals surface area contributed by atoms with Gasteiger partial charge in [-0.05, 0) is 62.3 Å². The van der Waals surface area contributed by atoms with Crippen LogP contribution in [0.25, 0.3) is 0 Å². The average Bonchev–Trinajstić information content (AvgIpc) is 3.33. The normalized spacial score (nSPS) is 29.8. The summed E-state index contributed by atoms with van der Waals surface area (Å²) in [6, 6.07) is 3.84. The van der Waals surface area contributed by atoms with Gasteiger partial charge in [0, 0.05) is 5.56 Å². The van der Waals surface area contributed by atoms with E-state index in [4.69, 9.17) is 4.74 Å². The van der Waals surface area contributed by atoms with Gasteiger partial charge in [0.2, 0.25) is 11.8 Å². The molecule has 0 radical (unpaired) electrons. The number of imide groups is 1. The van der Waals surface area contributed by atoms with Crippen LogP contribution in [0.4, 0.5) is 4.39 Å². The molecule has 6 nitrogen and oxygen atoms in total. The third kappa shape index (κ3) is 2.85. The van der Waals surface area contributed by atoms with Gasteiger partial charge in [0.1, 0.15) is 11.9 Å². The molecule has 1 aromatic rings. The summed E-state index contributed by atoms with van der Waals surface area (Å²) >= 11 is 0. The molecule has 1 aliphatic heterocycles. The molecule has 142 valence electrons. The van der Waals surface area contributed by atoms with E-state index in [-0.39, 0.29) is 41.0 Å². The van der Waals surface area contributed by atoms with Gasteiger partial charge in [-0.25, -0.2) is 9.18 Å². The first kappa shape index (κ1) is 17.8.